The molecule has 1 amide bonds. The van der Waals surface area contributed by atoms with Gasteiger partial charge in [-0.25, -0.2) is 4.98 Å². The van der Waals surface area contributed by atoms with Gasteiger partial charge in [-0.2, -0.15) is 0 Å². The maximum atomic E-state index is 13.5. The first-order valence-corrected chi connectivity index (χ1v) is 10.2. The molecule has 9 heteroatoms. The number of amides is 1. The summed E-state index contributed by atoms with van der Waals surface area (Å²) >= 11 is 0. The topological polar surface area (TPSA) is 107 Å². The monoisotopic (exact) mass is 436 g/mol. The van der Waals surface area contributed by atoms with E-state index in [4.69, 9.17) is 14.2 Å². The van der Waals surface area contributed by atoms with Gasteiger partial charge in [-0.1, -0.05) is 0 Å². The van der Waals surface area contributed by atoms with Gasteiger partial charge in [0.2, 0.25) is 5.75 Å². The summed E-state index contributed by atoms with van der Waals surface area (Å²) in [6.45, 7) is 0.545. The maximum absolute atomic E-state index is 13.5. The van der Waals surface area contributed by atoms with E-state index in [1.807, 2.05) is 0 Å². The second-order valence-electron chi connectivity index (χ2n) is 7.32. The minimum absolute atomic E-state index is 0.205. The number of nitrogens with one attached hydrogen (secondary N) is 1. The molecule has 1 atom stereocenters. The predicted molar refractivity (Wildman–Crippen MR) is 117 cm³/mol. The molecule has 0 aliphatic carbocycles. The normalized spacial score (nSPS) is 15.5. The molecule has 3 heterocycles. The molecule has 1 aromatic carbocycles. The number of H-pyrrole nitrogens is 1. The smallest absolute Gasteiger partial charge is 0.254 e. The van der Waals surface area contributed by atoms with E-state index in [0.717, 1.165) is 12.0 Å². The Balaban J connectivity index is 1.70. The second kappa shape index (κ2) is 9.09. The average molecular weight is 436 g/mol. The molecule has 1 fully saturated rings. The molecule has 1 saturated heterocycles. The van der Waals surface area contributed by atoms with Gasteiger partial charge in [0, 0.05) is 36.1 Å². The molecule has 0 bridgehead atoms. The van der Waals surface area contributed by atoms with Crippen molar-refractivity contribution in [1.29, 1.82) is 0 Å². The zero-order chi connectivity index (χ0) is 22.7. The highest BCUT2D eigenvalue weighted by atomic mass is 16.5. The van der Waals surface area contributed by atoms with E-state index in [2.05, 4.69) is 15.0 Å². The summed E-state index contributed by atoms with van der Waals surface area (Å²) in [7, 11) is 4.52. The summed E-state index contributed by atoms with van der Waals surface area (Å²) in [4.78, 5) is 39.0. The number of carbonyl (C=O) groups is 1. The Morgan fingerprint density at radius 3 is 2.38 bits per heavy atom. The lowest BCUT2D eigenvalue weighted by molar-refractivity contribution is 0.0729. The molecule has 166 valence electrons. The van der Waals surface area contributed by atoms with Crippen LogP contribution in [-0.4, -0.2) is 53.6 Å². The molecule has 4 rings (SSSR count). The van der Waals surface area contributed by atoms with Crippen molar-refractivity contribution in [1.82, 2.24) is 19.9 Å². The van der Waals surface area contributed by atoms with Crippen molar-refractivity contribution in [3.63, 3.8) is 0 Å². The van der Waals surface area contributed by atoms with Gasteiger partial charge in [0.05, 0.1) is 33.1 Å². The van der Waals surface area contributed by atoms with Gasteiger partial charge in [-0.15, -0.1) is 0 Å². The largest absolute Gasteiger partial charge is 0.493 e. The van der Waals surface area contributed by atoms with Crippen molar-refractivity contribution in [3.05, 3.63) is 64.5 Å². The van der Waals surface area contributed by atoms with E-state index < -0.39 is 0 Å². The third-order valence-electron chi connectivity index (χ3n) is 5.48. The summed E-state index contributed by atoms with van der Waals surface area (Å²) in [6.07, 6.45) is 4.78. The van der Waals surface area contributed by atoms with Crippen LogP contribution in [0, 0.1) is 0 Å². The van der Waals surface area contributed by atoms with E-state index in [-0.39, 0.29) is 17.5 Å². The van der Waals surface area contributed by atoms with Crippen LogP contribution in [-0.2, 0) is 0 Å². The Morgan fingerprint density at radius 2 is 1.75 bits per heavy atom. The molecule has 9 nitrogen and oxygen atoms in total. The molecule has 32 heavy (non-hydrogen) atoms. The van der Waals surface area contributed by atoms with Crippen molar-refractivity contribution in [2.24, 2.45) is 0 Å². The Hall–Kier alpha value is -3.88. The van der Waals surface area contributed by atoms with Crippen LogP contribution < -0.4 is 19.8 Å². The molecule has 0 unspecified atom stereocenters. The number of methoxy groups -OCH3 is 3. The van der Waals surface area contributed by atoms with E-state index in [0.29, 0.717) is 47.3 Å². The Morgan fingerprint density at radius 1 is 1.06 bits per heavy atom. The van der Waals surface area contributed by atoms with E-state index in [9.17, 15) is 9.59 Å². The number of likely N-dealkylation sites (tertiary alicyclic amines) is 1. The number of aromatic nitrogens is 3. The number of ether oxygens (including phenoxy) is 3. The number of hydrogen-bond donors (Lipinski definition) is 1. The highest BCUT2D eigenvalue weighted by Crippen LogP contribution is 2.40. The summed E-state index contributed by atoms with van der Waals surface area (Å²) in [6, 6.07) is 7.93. The van der Waals surface area contributed by atoms with Crippen LogP contribution in [0.25, 0.3) is 11.3 Å². The Labute approximate surface area is 185 Å². The van der Waals surface area contributed by atoms with Crippen LogP contribution >= 0.6 is 0 Å². The number of carbonyl (C=O) groups excluding carboxylic acids is 1. The van der Waals surface area contributed by atoms with E-state index in [1.165, 1.54) is 27.4 Å². The predicted octanol–water partition coefficient (Wildman–Crippen LogP) is 2.84. The lowest BCUT2D eigenvalue weighted by Crippen LogP contribution is -2.32. The van der Waals surface area contributed by atoms with Crippen LogP contribution in [0.15, 0.2) is 47.5 Å². The fourth-order valence-corrected chi connectivity index (χ4v) is 3.97. The van der Waals surface area contributed by atoms with Gasteiger partial charge in [0.25, 0.3) is 11.5 Å². The summed E-state index contributed by atoms with van der Waals surface area (Å²) in [5.41, 5.74) is 1.46. The summed E-state index contributed by atoms with van der Waals surface area (Å²) < 4.78 is 16.1. The zero-order valence-corrected chi connectivity index (χ0v) is 18.1. The molecule has 0 saturated carbocycles. The standard InChI is InChI=1S/C23H24N4O5/c1-30-18-11-15(12-19(31-2)21(18)32-3)23(29)27-10-4-5-17(27)22-25-16(13-20(28)26-22)14-6-8-24-9-7-14/h6-9,11-13,17H,4-5,10H2,1-3H3,(H,25,26,28)/t17-/m1/s1. The Kier molecular flexibility index (Phi) is 6.07. The van der Waals surface area contributed by atoms with Crippen molar-refractivity contribution < 1.29 is 19.0 Å². The van der Waals surface area contributed by atoms with Gasteiger partial charge >= 0.3 is 0 Å². The average Bonchev–Trinajstić information content (AvgIpc) is 3.32. The van der Waals surface area contributed by atoms with Gasteiger partial charge in [0.1, 0.15) is 5.82 Å². The fraction of sp³-hybridized carbons (Fsp3) is 0.304. The fourth-order valence-electron chi connectivity index (χ4n) is 3.97. The second-order valence-corrected chi connectivity index (χ2v) is 7.32. The van der Waals surface area contributed by atoms with Crippen LogP contribution in [0.4, 0.5) is 0 Å². The van der Waals surface area contributed by atoms with Crippen LogP contribution in [0.1, 0.15) is 35.1 Å². The molecule has 0 radical (unpaired) electrons. The van der Waals surface area contributed by atoms with Gasteiger partial charge in [-0.3, -0.25) is 14.6 Å². The third kappa shape index (κ3) is 4.01. The minimum Gasteiger partial charge on any atom is -0.493 e. The lowest BCUT2D eigenvalue weighted by Gasteiger charge is -2.25. The Bertz CT molecular complexity index is 1150. The molecular weight excluding hydrogens is 412 g/mol. The molecular formula is C23H24N4O5. The van der Waals surface area contributed by atoms with Crippen LogP contribution in [0.2, 0.25) is 0 Å². The number of hydrogen-bond acceptors (Lipinski definition) is 7. The number of nitrogens with zero attached hydrogens (tertiary/aromatic N) is 3. The zero-order valence-electron chi connectivity index (χ0n) is 18.1. The number of pyridine rings is 1. The van der Waals surface area contributed by atoms with Crippen molar-refractivity contribution in [2.75, 3.05) is 27.9 Å². The molecule has 0 spiro atoms. The third-order valence-corrected chi connectivity index (χ3v) is 5.48. The molecule has 3 aromatic rings. The number of rotatable bonds is 6. The summed E-state index contributed by atoms with van der Waals surface area (Å²) in [5.74, 6) is 1.47. The first kappa shape index (κ1) is 21.4. The van der Waals surface area contributed by atoms with E-state index in [1.54, 1.807) is 41.6 Å². The van der Waals surface area contributed by atoms with E-state index >= 15 is 0 Å². The first-order chi connectivity index (χ1) is 15.5. The first-order valence-electron chi connectivity index (χ1n) is 10.2. The quantitative estimate of drug-likeness (QED) is 0.633. The van der Waals surface area contributed by atoms with Crippen LogP contribution in [0.3, 0.4) is 0 Å². The van der Waals surface area contributed by atoms with Crippen molar-refractivity contribution in [3.8, 4) is 28.5 Å². The van der Waals surface area contributed by atoms with Crippen molar-refractivity contribution >= 4 is 5.91 Å². The molecule has 1 aliphatic rings. The SMILES string of the molecule is COc1cc(C(=O)N2CCC[C@@H]2c2nc(-c3ccncc3)cc(=O)[nH]2)cc(OC)c1OC. The minimum atomic E-state index is -0.351. The lowest BCUT2D eigenvalue weighted by atomic mass is 10.1. The molecule has 1 aliphatic heterocycles. The molecule has 1 N–H and O–H groups in total. The highest BCUT2D eigenvalue weighted by molar-refractivity contribution is 5.96. The van der Waals surface area contributed by atoms with Gasteiger partial charge < -0.3 is 24.1 Å². The van der Waals surface area contributed by atoms with Gasteiger partial charge in [0.15, 0.2) is 11.5 Å². The van der Waals surface area contributed by atoms with Crippen molar-refractivity contribution in [2.45, 2.75) is 18.9 Å². The molecule has 2 aromatic heterocycles. The summed E-state index contributed by atoms with van der Waals surface area (Å²) in [5, 5.41) is 0. The number of aromatic amines is 1. The number of benzene rings is 1. The van der Waals surface area contributed by atoms with Gasteiger partial charge in [-0.05, 0) is 37.1 Å². The highest BCUT2D eigenvalue weighted by Gasteiger charge is 2.33. The maximum Gasteiger partial charge on any atom is 0.254 e. The van der Waals surface area contributed by atoms with Crippen LogP contribution in [0.5, 0.6) is 17.2 Å².